The Bertz CT molecular complexity index is 752. The van der Waals surface area contributed by atoms with Crippen molar-refractivity contribution >= 4 is 41.0 Å². The van der Waals surface area contributed by atoms with Gasteiger partial charge in [0, 0.05) is 12.6 Å². The minimum absolute atomic E-state index is 0.0434. The molecule has 0 bridgehead atoms. The van der Waals surface area contributed by atoms with E-state index in [9.17, 15) is 9.59 Å². The molecule has 138 valence electrons. The first-order valence-electron chi connectivity index (χ1n) is 8.71. The molecule has 0 radical (unpaired) electrons. The van der Waals surface area contributed by atoms with Crippen LogP contribution in [0.15, 0.2) is 29.3 Å². The maximum Gasteiger partial charge on any atom is 0.251 e. The number of carbonyl (C=O) groups excluding carboxylic acids is 2. The standard InChI is InChI=1S/C18H22N4O3S/c1-25-15-9-5-4-8-14(15)22-17(24)11(16(23)21-18(22)26)10-20-13-7-3-2-6-12(13)19/h4-5,8-13H,2-3,6-7,19H2,1H3,(H,21,23,26)/p+1/t11-,12-,13+/m1/s1. The van der Waals surface area contributed by atoms with E-state index in [2.05, 4.69) is 16.0 Å². The lowest BCUT2D eigenvalue weighted by atomic mass is 9.91. The summed E-state index contributed by atoms with van der Waals surface area (Å²) in [4.78, 5) is 31.1. The Morgan fingerprint density at radius 3 is 2.77 bits per heavy atom. The van der Waals surface area contributed by atoms with Crippen LogP contribution in [0.25, 0.3) is 0 Å². The zero-order valence-corrected chi connectivity index (χ0v) is 15.5. The maximum absolute atomic E-state index is 13.0. The van der Waals surface area contributed by atoms with Gasteiger partial charge in [-0.3, -0.25) is 19.5 Å². The fourth-order valence-corrected chi connectivity index (χ4v) is 3.63. The van der Waals surface area contributed by atoms with E-state index in [0.717, 1.165) is 25.7 Å². The third-order valence-electron chi connectivity index (χ3n) is 4.82. The number of quaternary nitrogens is 1. The van der Waals surface area contributed by atoms with E-state index in [1.807, 2.05) is 0 Å². The molecule has 1 aliphatic heterocycles. The van der Waals surface area contributed by atoms with Crippen LogP contribution < -0.4 is 20.7 Å². The van der Waals surface area contributed by atoms with E-state index in [4.69, 9.17) is 17.0 Å². The second-order valence-electron chi connectivity index (χ2n) is 6.53. The number of amides is 2. The smallest absolute Gasteiger partial charge is 0.251 e. The predicted octanol–water partition coefficient (Wildman–Crippen LogP) is 0.683. The summed E-state index contributed by atoms with van der Waals surface area (Å²) in [6, 6.07) is 7.31. The molecule has 2 aliphatic rings. The third kappa shape index (κ3) is 3.61. The molecule has 0 aromatic heterocycles. The van der Waals surface area contributed by atoms with Gasteiger partial charge in [-0.1, -0.05) is 18.6 Å². The fourth-order valence-electron chi connectivity index (χ4n) is 3.35. The Balaban J connectivity index is 1.86. The number of methoxy groups -OCH3 is 1. The first-order chi connectivity index (χ1) is 12.5. The van der Waals surface area contributed by atoms with Gasteiger partial charge in [0.15, 0.2) is 11.0 Å². The number of hydrogen-bond donors (Lipinski definition) is 2. The topological polar surface area (TPSA) is 98.6 Å². The summed E-state index contributed by atoms with van der Waals surface area (Å²) < 4.78 is 5.32. The summed E-state index contributed by atoms with van der Waals surface area (Å²) in [5.74, 6) is -1.39. The van der Waals surface area contributed by atoms with Crippen molar-refractivity contribution in [3.8, 4) is 5.75 Å². The van der Waals surface area contributed by atoms with Crippen molar-refractivity contribution in [2.45, 2.75) is 37.8 Å². The van der Waals surface area contributed by atoms with Crippen LogP contribution in [0.2, 0.25) is 0 Å². The summed E-state index contributed by atoms with van der Waals surface area (Å²) in [5, 5.41) is 2.64. The zero-order chi connectivity index (χ0) is 18.7. The number of nitrogens with zero attached hydrogens (tertiary/aromatic N) is 2. The summed E-state index contributed by atoms with van der Waals surface area (Å²) in [6.45, 7) is 0. The van der Waals surface area contributed by atoms with Gasteiger partial charge < -0.3 is 15.8 Å². The van der Waals surface area contributed by atoms with Crippen molar-refractivity contribution in [1.82, 2.24) is 5.32 Å². The molecule has 1 saturated heterocycles. The summed E-state index contributed by atoms with van der Waals surface area (Å²) in [7, 11) is 1.52. The Morgan fingerprint density at radius 1 is 1.31 bits per heavy atom. The van der Waals surface area contributed by atoms with Crippen LogP contribution in [0, 0.1) is 5.92 Å². The second kappa shape index (κ2) is 7.92. The molecule has 1 aromatic carbocycles. The van der Waals surface area contributed by atoms with Gasteiger partial charge in [-0.05, 0) is 37.2 Å². The first kappa shape index (κ1) is 18.5. The highest BCUT2D eigenvalue weighted by atomic mass is 32.1. The molecule has 2 amide bonds. The average molecular weight is 375 g/mol. The lowest BCUT2D eigenvalue weighted by molar-refractivity contribution is -0.428. The number of ether oxygens (including phenoxy) is 1. The van der Waals surface area contributed by atoms with Gasteiger partial charge in [-0.25, -0.2) is 0 Å². The highest BCUT2D eigenvalue weighted by Gasteiger charge is 2.39. The van der Waals surface area contributed by atoms with Crippen LogP contribution in [-0.4, -0.2) is 42.3 Å². The van der Waals surface area contributed by atoms with Crippen LogP contribution in [-0.2, 0) is 9.59 Å². The van der Waals surface area contributed by atoms with Crippen molar-refractivity contribution in [2.24, 2.45) is 10.9 Å². The van der Waals surface area contributed by atoms with E-state index in [0.29, 0.717) is 11.4 Å². The molecule has 3 atom stereocenters. The number of aliphatic imine (C=N–C) groups is 1. The van der Waals surface area contributed by atoms with Gasteiger partial charge in [-0.2, -0.15) is 0 Å². The number of anilines is 1. The number of thiocarbonyl (C=S) groups is 1. The summed E-state index contributed by atoms with van der Waals surface area (Å²) in [5.41, 5.74) is 4.63. The summed E-state index contributed by atoms with van der Waals surface area (Å²) in [6.07, 6.45) is 5.65. The van der Waals surface area contributed by atoms with E-state index >= 15 is 0 Å². The van der Waals surface area contributed by atoms with Crippen molar-refractivity contribution in [1.29, 1.82) is 0 Å². The third-order valence-corrected chi connectivity index (χ3v) is 5.11. The molecule has 7 nitrogen and oxygen atoms in total. The first-order valence-corrected chi connectivity index (χ1v) is 9.12. The van der Waals surface area contributed by atoms with Crippen molar-refractivity contribution in [3.05, 3.63) is 24.3 Å². The highest BCUT2D eigenvalue weighted by molar-refractivity contribution is 7.80. The van der Waals surface area contributed by atoms with E-state index in [1.165, 1.54) is 18.2 Å². The van der Waals surface area contributed by atoms with Gasteiger partial charge in [0.1, 0.15) is 17.8 Å². The lowest BCUT2D eigenvalue weighted by Crippen LogP contribution is -2.66. The molecule has 0 spiro atoms. The van der Waals surface area contributed by atoms with Crippen LogP contribution in [0.1, 0.15) is 25.7 Å². The van der Waals surface area contributed by atoms with Crippen LogP contribution in [0.4, 0.5) is 5.69 Å². The molecular formula is C18H23N4O3S+. The number of nitrogens with one attached hydrogen (secondary N) is 1. The van der Waals surface area contributed by atoms with E-state index in [-0.39, 0.29) is 17.2 Å². The molecule has 4 N–H and O–H groups in total. The zero-order valence-electron chi connectivity index (χ0n) is 14.7. The lowest BCUT2D eigenvalue weighted by Gasteiger charge is -2.32. The van der Waals surface area contributed by atoms with Gasteiger partial charge in [-0.15, -0.1) is 0 Å². The largest absolute Gasteiger partial charge is 0.495 e. The summed E-state index contributed by atoms with van der Waals surface area (Å²) >= 11 is 5.21. The van der Waals surface area contributed by atoms with Gasteiger partial charge in [0.25, 0.3) is 5.91 Å². The maximum atomic E-state index is 13.0. The number of rotatable bonds is 4. The molecule has 8 heteroatoms. The number of hydrogen-bond acceptors (Lipinski definition) is 5. The molecule has 1 aromatic rings. The molecule has 2 fully saturated rings. The van der Waals surface area contributed by atoms with E-state index in [1.54, 1.807) is 24.3 Å². The van der Waals surface area contributed by atoms with Crippen molar-refractivity contribution < 1.29 is 20.1 Å². The Labute approximate surface area is 157 Å². The second-order valence-corrected chi connectivity index (χ2v) is 6.91. The fraction of sp³-hybridized carbons (Fsp3) is 0.444. The number of carbonyl (C=O) groups is 2. The molecule has 3 rings (SSSR count). The van der Waals surface area contributed by atoms with Crippen LogP contribution >= 0.6 is 12.2 Å². The Kier molecular flexibility index (Phi) is 5.63. The Morgan fingerprint density at radius 2 is 2.04 bits per heavy atom. The van der Waals surface area contributed by atoms with Crippen molar-refractivity contribution in [2.75, 3.05) is 12.0 Å². The molecule has 1 heterocycles. The number of benzene rings is 1. The van der Waals surface area contributed by atoms with Gasteiger partial charge in [0.2, 0.25) is 5.91 Å². The van der Waals surface area contributed by atoms with Crippen LogP contribution in [0.3, 0.4) is 0 Å². The molecule has 0 unspecified atom stereocenters. The number of para-hydroxylation sites is 2. The molecule has 1 saturated carbocycles. The highest BCUT2D eigenvalue weighted by Crippen LogP contribution is 2.30. The van der Waals surface area contributed by atoms with Gasteiger partial charge in [0.05, 0.1) is 12.8 Å². The van der Waals surface area contributed by atoms with E-state index < -0.39 is 17.7 Å². The minimum Gasteiger partial charge on any atom is -0.495 e. The average Bonchev–Trinajstić information content (AvgIpc) is 2.63. The minimum atomic E-state index is -1.01. The normalized spacial score (nSPS) is 26.9. The predicted molar refractivity (Wildman–Crippen MR) is 102 cm³/mol. The van der Waals surface area contributed by atoms with Gasteiger partial charge >= 0.3 is 0 Å². The quantitative estimate of drug-likeness (QED) is 0.459. The molecular weight excluding hydrogens is 352 g/mol. The molecule has 26 heavy (non-hydrogen) atoms. The van der Waals surface area contributed by atoms with Crippen molar-refractivity contribution in [3.63, 3.8) is 0 Å². The Hall–Kier alpha value is -2.32. The SMILES string of the molecule is COc1ccccc1N1C(=O)[C@H](C=N[C@H]2CCCC[C@H]2[NH3+])C(=O)NC1=S. The van der Waals surface area contributed by atoms with Crippen LogP contribution in [0.5, 0.6) is 5.75 Å². The molecule has 1 aliphatic carbocycles. The monoisotopic (exact) mass is 375 g/mol.